The van der Waals surface area contributed by atoms with Gasteiger partial charge in [0.25, 0.3) is 0 Å². The number of nitrogens with zero attached hydrogens (tertiary/aromatic N) is 2. The molecule has 0 atom stereocenters. The Bertz CT molecular complexity index is 525. The van der Waals surface area contributed by atoms with Gasteiger partial charge in [-0.25, -0.2) is 4.98 Å². The molecule has 0 aromatic carbocycles. The zero-order valence-electron chi connectivity index (χ0n) is 8.22. The van der Waals surface area contributed by atoms with Crippen LogP contribution in [0, 0.1) is 0 Å². The summed E-state index contributed by atoms with van der Waals surface area (Å²) in [6.45, 7) is 0. The number of nitrogen functional groups attached to an aromatic ring is 1. The summed E-state index contributed by atoms with van der Waals surface area (Å²) in [6.07, 6.45) is 2.95. The predicted octanol–water partition coefficient (Wildman–Crippen LogP) is 1.94. The molecule has 0 spiro atoms. The highest BCUT2D eigenvalue weighted by molar-refractivity contribution is 6.30. The Morgan fingerprint density at radius 3 is 2.69 bits per heavy atom. The molecule has 80 valence electrons. The van der Waals surface area contributed by atoms with Crippen molar-refractivity contribution in [2.45, 2.75) is 0 Å². The van der Waals surface area contributed by atoms with Crippen LogP contribution < -0.4 is 5.73 Å². The third-order valence-electron chi connectivity index (χ3n) is 2.04. The van der Waals surface area contributed by atoms with Crippen molar-refractivity contribution >= 4 is 23.2 Å². The molecule has 0 aliphatic heterocycles. The summed E-state index contributed by atoms with van der Waals surface area (Å²) in [6, 6.07) is 6.42. The van der Waals surface area contributed by atoms with Gasteiger partial charge in [-0.1, -0.05) is 11.6 Å². The van der Waals surface area contributed by atoms with E-state index in [1.54, 1.807) is 24.3 Å². The molecule has 0 saturated heterocycles. The van der Waals surface area contributed by atoms with Crippen molar-refractivity contribution in [1.29, 1.82) is 0 Å². The van der Waals surface area contributed by atoms with E-state index in [1.165, 1.54) is 12.4 Å². The second-order valence-electron chi connectivity index (χ2n) is 3.13. The number of carbonyl (C=O) groups is 1. The summed E-state index contributed by atoms with van der Waals surface area (Å²) in [5.74, 6) is -0.0634. The number of pyridine rings is 2. The van der Waals surface area contributed by atoms with Crippen molar-refractivity contribution in [2.24, 2.45) is 0 Å². The van der Waals surface area contributed by atoms with Crippen molar-refractivity contribution in [3.05, 3.63) is 52.9 Å². The SMILES string of the molecule is Nc1ncccc1C(=O)c1ccc(Cl)cn1. The first-order valence-electron chi connectivity index (χ1n) is 4.55. The van der Waals surface area contributed by atoms with E-state index in [-0.39, 0.29) is 11.6 Å². The fraction of sp³-hybridized carbons (Fsp3) is 0. The maximum Gasteiger partial charge on any atom is 0.215 e. The van der Waals surface area contributed by atoms with Gasteiger partial charge in [0.05, 0.1) is 10.6 Å². The van der Waals surface area contributed by atoms with Gasteiger partial charge in [0.1, 0.15) is 11.5 Å². The molecule has 2 N–H and O–H groups in total. The van der Waals surface area contributed by atoms with E-state index in [0.29, 0.717) is 16.3 Å². The van der Waals surface area contributed by atoms with Crippen LogP contribution in [0.1, 0.15) is 16.1 Å². The second-order valence-corrected chi connectivity index (χ2v) is 3.56. The number of nitrogens with two attached hydrogens (primary N) is 1. The average Bonchev–Trinajstić information content (AvgIpc) is 2.30. The number of halogens is 1. The molecule has 0 saturated carbocycles. The molecule has 0 radical (unpaired) electrons. The minimum absolute atomic E-state index is 0.198. The summed E-state index contributed by atoms with van der Waals surface area (Å²) >= 11 is 5.68. The molecule has 0 unspecified atom stereocenters. The number of ketones is 1. The van der Waals surface area contributed by atoms with E-state index in [9.17, 15) is 4.79 Å². The van der Waals surface area contributed by atoms with Crippen LogP contribution >= 0.6 is 11.6 Å². The number of hydrogen-bond acceptors (Lipinski definition) is 4. The van der Waals surface area contributed by atoms with Crippen LogP contribution in [0.2, 0.25) is 5.02 Å². The smallest absolute Gasteiger partial charge is 0.215 e. The van der Waals surface area contributed by atoms with Crippen molar-refractivity contribution in [1.82, 2.24) is 9.97 Å². The average molecular weight is 234 g/mol. The standard InChI is InChI=1S/C11H8ClN3O/c12-7-3-4-9(15-6-7)10(16)8-2-1-5-14-11(8)13/h1-6H,(H2,13,14). The lowest BCUT2D eigenvalue weighted by Gasteiger charge is -2.02. The zero-order chi connectivity index (χ0) is 11.5. The Balaban J connectivity index is 2.40. The van der Waals surface area contributed by atoms with E-state index in [0.717, 1.165) is 0 Å². The van der Waals surface area contributed by atoms with Crippen LogP contribution in [0.15, 0.2) is 36.7 Å². The van der Waals surface area contributed by atoms with Crippen LogP contribution in [-0.2, 0) is 0 Å². The summed E-state index contributed by atoms with van der Waals surface area (Å²) in [5.41, 5.74) is 6.24. The normalized spacial score (nSPS) is 10.1. The number of anilines is 1. The maximum atomic E-state index is 12.0. The highest BCUT2D eigenvalue weighted by Gasteiger charge is 2.13. The quantitative estimate of drug-likeness (QED) is 0.805. The van der Waals surface area contributed by atoms with Crippen LogP contribution in [0.4, 0.5) is 5.82 Å². The molecule has 0 bridgehead atoms. The van der Waals surface area contributed by atoms with E-state index >= 15 is 0 Å². The van der Waals surface area contributed by atoms with Gasteiger partial charge in [0.2, 0.25) is 5.78 Å². The first-order valence-corrected chi connectivity index (χ1v) is 4.93. The Morgan fingerprint density at radius 2 is 2.06 bits per heavy atom. The topological polar surface area (TPSA) is 68.9 Å². The summed E-state index contributed by atoms with van der Waals surface area (Å²) in [7, 11) is 0. The molecule has 2 aromatic heterocycles. The molecule has 16 heavy (non-hydrogen) atoms. The van der Waals surface area contributed by atoms with E-state index in [1.807, 2.05) is 0 Å². The maximum absolute atomic E-state index is 12.0. The van der Waals surface area contributed by atoms with Crippen molar-refractivity contribution in [3.63, 3.8) is 0 Å². The molecule has 4 nitrogen and oxygen atoms in total. The van der Waals surface area contributed by atoms with Gasteiger partial charge in [0.15, 0.2) is 0 Å². The Hall–Kier alpha value is -1.94. The molecule has 5 heteroatoms. The molecular weight excluding hydrogens is 226 g/mol. The first-order chi connectivity index (χ1) is 7.68. The summed E-state index contributed by atoms with van der Waals surface area (Å²) in [4.78, 5) is 19.7. The molecule has 0 aliphatic carbocycles. The number of aromatic nitrogens is 2. The molecule has 0 amide bonds. The lowest BCUT2D eigenvalue weighted by molar-refractivity contribution is 0.103. The fourth-order valence-corrected chi connectivity index (χ4v) is 1.37. The van der Waals surface area contributed by atoms with Gasteiger partial charge in [-0.05, 0) is 24.3 Å². The molecule has 2 rings (SSSR count). The largest absolute Gasteiger partial charge is 0.383 e. The monoisotopic (exact) mass is 233 g/mol. The lowest BCUT2D eigenvalue weighted by Crippen LogP contribution is -2.08. The third-order valence-corrected chi connectivity index (χ3v) is 2.27. The van der Waals surface area contributed by atoms with Gasteiger partial charge in [0, 0.05) is 12.4 Å². The second kappa shape index (κ2) is 4.28. The molecule has 0 fully saturated rings. The predicted molar refractivity (Wildman–Crippen MR) is 61.3 cm³/mol. The van der Waals surface area contributed by atoms with Crippen molar-refractivity contribution in [3.8, 4) is 0 Å². The minimum atomic E-state index is -0.262. The highest BCUT2D eigenvalue weighted by atomic mass is 35.5. The number of rotatable bonds is 2. The van der Waals surface area contributed by atoms with Gasteiger partial charge in [-0.2, -0.15) is 0 Å². The van der Waals surface area contributed by atoms with Gasteiger partial charge in [-0.3, -0.25) is 9.78 Å². The molecule has 2 aromatic rings. The van der Waals surface area contributed by atoms with Gasteiger partial charge in [-0.15, -0.1) is 0 Å². The summed E-state index contributed by atoms with van der Waals surface area (Å²) < 4.78 is 0. The van der Waals surface area contributed by atoms with Gasteiger partial charge >= 0.3 is 0 Å². The van der Waals surface area contributed by atoms with E-state index in [2.05, 4.69) is 9.97 Å². The third kappa shape index (κ3) is 2.01. The molecule has 2 heterocycles. The van der Waals surface area contributed by atoms with Crippen molar-refractivity contribution < 1.29 is 4.79 Å². The van der Waals surface area contributed by atoms with Crippen LogP contribution in [0.3, 0.4) is 0 Å². The molecular formula is C11H8ClN3O. The molecule has 0 aliphatic rings. The number of hydrogen-bond donors (Lipinski definition) is 1. The van der Waals surface area contributed by atoms with Crippen LogP contribution in [0.5, 0.6) is 0 Å². The Kier molecular flexibility index (Phi) is 2.83. The van der Waals surface area contributed by atoms with Gasteiger partial charge < -0.3 is 5.73 Å². The Morgan fingerprint density at radius 1 is 1.25 bits per heavy atom. The lowest BCUT2D eigenvalue weighted by atomic mass is 10.1. The minimum Gasteiger partial charge on any atom is -0.383 e. The summed E-state index contributed by atoms with van der Waals surface area (Å²) in [5, 5.41) is 0.482. The zero-order valence-corrected chi connectivity index (χ0v) is 8.98. The van der Waals surface area contributed by atoms with E-state index < -0.39 is 0 Å². The number of carbonyl (C=O) groups excluding carboxylic acids is 1. The van der Waals surface area contributed by atoms with Crippen LogP contribution in [0.25, 0.3) is 0 Å². The highest BCUT2D eigenvalue weighted by Crippen LogP contribution is 2.14. The van der Waals surface area contributed by atoms with Crippen LogP contribution in [-0.4, -0.2) is 15.8 Å². The fourth-order valence-electron chi connectivity index (χ4n) is 1.26. The van der Waals surface area contributed by atoms with E-state index in [4.69, 9.17) is 17.3 Å². The van der Waals surface area contributed by atoms with Crippen molar-refractivity contribution in [2.75, 3.05) is 5.73 Å². The Labute approximate surface area is 97.1 Å². The first kappa shape index (κ1) is 10.6.